The van der Waals surface area contributed by atoms with Gasteiger partial charge >= 0.3 is 5.97 Å². The fourth-order valence-corrected chi connectivity index (χ4v) is 4.99. The number of benzene rings is 1. The second-order valence-electron chi connectivity index (χ2n) is 8.26. The third kappa shape index (κ3) is 4.24. The molecule has 3 atom stereocenters. The Kier molecular flexibility index (Phi) is 6.11. The molecule has 4 heterocycles. The number of pyridine rings is 1. The monoisotopic (exact) mass is 462 g/mol. The second kappa shape index (κ2) is 9.33. The number of esters is 1. The fraction of sp³-hybridized carbons (Fsp3) is 0.320. The van der Waals surface area contributed by atoms with Gasteiger partial charge in [-0.3, -0.25) is 4.98 Å². The van der Waals surface area contributed by atoms with E-state index in [4.69, 9.17) is 21.7 Å². The molecule has 2 aliphatic rings. The highest BCUT2D eigenvalue weighted by atomic mass is 32.1. The van der Waals surface area contributed by atoms with Crippen molar-refractivity contribution >= 4 is 23.3 Å². The van der Waals surface area contributed by atoms with Crippen LogP contribution in [-0.4, -0.2) is 51.9 Å². The summed E-state index contributed by atoms with van der Waals surface area (Å²) in [5.41, 5.74) is 3.50. The van der Waals surface area contributed by atoms with Gasteiger partial charge in [-0.05, 0) is 73.6 Å². The fourth-order valence-electron chi connectivity index (χ4n) is 4.68. The number of nitrogens with zero attached hydrogens (tertiary/aromatic N) is 3. The van der Waals surface area contributed by atoms with Gasteiger partial charge in [0, 0.05) is 36.9 Å². The maximum absolute atomic E-state index is 11.9. The molecule has 1 aromatic carbocycles. The number of carbonyl (C=O) groups is 1. The molecule has 0 amide bonds. The lowest BCUT2D eigenvalue weighted by Gasteiger charge is -2.30. The maximum Gasteiger partial charge on any atom is 0.337 e. The lowest BCUT2D eigenvalue weighted by atomic mass is 10.0. The van der Waals surface area contributed by atoms with Crippen molar-refractivity contribution in [3.63, 3.8) is 0 Å². The molecule has 0 saturated carbocycles. The number of carbonyl (C=O) groups excluding carboxylic acids is 1. The lowest BCUT2D eigenvalue weighted by molar-refractivity contribution is 0.0600. The first-order valence-electron chi connectivity index (χ1n) is 11.1. The predicted molar refractivity (Wildman–Crippen MR) is 128 cm³/mol. The van der Waals surface area contributed by atoms with Crippen LogP contribution in [0.2, 0.25) is 0 Å². The zero-order chi connectivity index (χ0) is 22.8. The molecule has 0 radical (unpaired) electrons. The van der Waals surface area contributed by atoms with Crippen LogP contribution in [0.5, 0.6) is 0 Å². The van der Waals surface area contributed by atoms with E-state index in [0.29, 0.717) is 10.7 Å². The van der Waals surface area contributed by atoms with Gasteiger partial charge in [0.15, 0.2) is 5.11 Å². The standard InChI is InChI=1S/C25H26N4O3S/c1-31-24(30)17-9-11-18(12-10-17)28-14-4-8-21(28)23-22(20-7-2-3-13-26-20)27-25(33)29(23)16-19-6-5-15-32-19/h2-4,7-14,19,22-23H,5-6,15-16H2,1H3,(H,27,33)/t19-,22-,23-/m0/s1. The molecule has 0 unspecified atom stereocenters. The number of nitrogens with one attached hydrogen (secondary N) is 1. The van der Waals surface area contributed by atoms with Crippen molar-refractivity contribution in [3.05, 3.63) is 83.9 Å². The van der Waals surface area contributed by atoms with E-state index in [0.717, 1.165) is 43.1 Å². The number of thiocarbonyl (C=S) groups is 1. The first-order chi connectivity index (χ1) is 16.2. The van der Waals surface area contributed by atoms with Crippen molar-refractivity contribution in [1.82, 2.24) is 19.8 Å². The Morgan fingerprint density at radius 2 is 2.06 bits per heavy atom. The first kappa shape index (κ1) is 21.6. The summed E-state index contributed by atoms with van der Waals surface area (Å²) in [5.74, 6) is -0.349. The normalized spacial score (nSPS) is 22.4. The lowest BCUT2D eigenvalue weighted by Crippen LogP contribution is -2.36. The quantitative estimate of drug-likeness (QED) is 0.441. The molecule has 8 heteroatoms. The summed E-state index contributed by atoms with van der Waals surface area (Å²) in [4.78, 5) is 18.7. The summed E-state index contributed by atoms with van der Waals surface area (Å²) < 4.78 is 12.9. The molecule has 2 saturated heterocycles. The number of hydrogen-bond donors (Lipinski definition) is 1. The highest BCUT2D eigenvalue weighted by Crippen LogP contribution is 2.40. The molecular formula is C25H26N4O3S. The van der Waals surface area contributed by atoms with E-state index in [1.165, 1.54) is 7.11 Å². The van der Waals surface area contributed by atoms with Crippen LogP contribution in [0.1, 0.15) is 46.7 Å². The molecule has 0 aliphatic carbocycles. The first-order valence-corrected chi connectivity index (χ1v) is 11.5. The van der Waals surface area contributed by atoms with Crippen molar-refractivity contribution in [3.8, 4) is 5.69 Å². The predicted octanol–water partition coefficient (Wildman–Crippen LogP) is 3.81. The van der Waals surface area contributed by atoms with Gasteiger partial charge in [0.2, 0.25) is 0 Å². The highest BCUT2D eigenvalue weighted by molar-refractivity contribution is 7.80. The third-order valence-corrected chi connectivity index (χ3v) is 6.62. The highest BCUT2D eigenvalue weighted by Gasteiger charge is 2.42. The zero-order valence-corrected chi connectivity index (χ0v) is 19.2. The van der Waals surface area contributed by atoms with Gasteiger partial charge in [-0.25, -0.2) is 4.79 Å². The summed E-state index contributed by atoms with van der Waals surface area (Å²) >= 11 is 5.79. The summed E-state index contributed by atoms with van der Waals surface area (Å²) in [6.07, 6.45) is 6.12. The summed E-state index contributed by atoms with van der Waals surface area (Å²) in [6, 6.07) is 17.4. The minimum absolute atomic E-state index is 0.0631. The van der Waals surface area contributed by atoms with Crippen LogP contribution < -0.4 is 5.32 Å². The SMILES string of the molecule is COC(=O)c1ccc(-n2cccc2[C@H]2[C@H](c3ccccn3)NC(=S)N2C[C@@H]2CCCO2)cc1. The van der Waals surface area contributed by atoms with E-state index in [-0.39, 0.29) is 24.2 Å². The molecule has 0 spiro atoms. The average molecular weight is 463 g/mol. The molecular weight excluding hydrogens is 436 g/mol. The molecule has 2 fully saturated rings. The van der Waals surface area contributed by atoms with E-state index in [1.807, 2.05) is 48.8 Å². The molecule has 0 bridgehead atoms. The van der Waals surface area contributed by atoms with Crippen LogP contribution in [0.25, 0.3) is 5.69 Å². The Hall–Kier alpha value is -3.23. The summed E-state index contributed by atoms with van der Waals surface area (Å²) in [7, 11) is 1.39. The van der Waals surface area contributed by atoms with Gasteiger partial charge in [-0.1, -0.05) is 6.07 Å². The number of hydrogen-bond acceptors (Lipinski definition) is 5. The minimum Gasteiger partial charge on any atom is -0.465 e. The van der Waals surface area contributed by atoms with Gasteiger partial charge in [-0.15, -0.1) is 0 Å². The Bertz CT molecular complexity index is 1130. The van der Waals surface area contributed by atoms with Gasteiger partial charge in [0.05, 0.1) is 36.6 Å². The molecule has 2 aliphatic heterocycles. The Balaban J connectivity index is 1.53. The van der Waals surface area contributed by atoms with Crippen LogP contribution in [0.15, 0.2) is 67.0 Å². The third-order valence-electron chi connectivity index (χ3n) is 6.27. The smallest absolute Gasteiger partial charge is 0.337 e. The minimum atomic E-state index is -0.349. The van der Waals surface area contributed by atoms with Gasteiger partial charge in [-0.2, -0.15) is 0 Å². The van der Waals surface area contributed by atoms with Gasteiger partial charge in [0.25, 0.3) is 0 Å². The number of aromatic nitrogens is 2. The van der Waals surface area contributed by atoms with Crippen LogP contribution in [0, 0.1) is 0 Å². The van der Waals surface area contributed by atoms with Gasteiger partial charge in [0.1, 0.15) is 0 Å². The molecule has 33 heavy (non-hydrogen) atoms. The largest absolute Gasteiger partial charge is 0.465 e. The van der Waals surface area contributed by atoms with E-state index < -0.39 is 0 Å². The average Bonchev–Trinajstić information content (AvgIpc) is 3.61. The number of rotatable bonds is 6. The molecule has 2 aromatic heterocycles. The van der Waals surface area contributed by atoms with Crippen LogP contribution in [0.3, 0.4) is 0 Å². The van der Waals surface area contributed by atoms with Crippen LogP contribution >= 0.6 is 12.2 Å². The number of methoxy groups -OCH3 is 1. The van der Waals surface area contributed by atoms with Crippen molar-refractivity contribution in [2.45, 2.75) is 31.0 Å². The Labute approximate surface area is 198 Å². The van der Waals surface area contributed by atoms with Crippen molar-refractivity contribution < 1.29 is 14.3 Å². The topological polar surface area (TPSA) is 68.6 Å². The zero-order valence-electron chi connectivity index (χ0n) is 18.4. The summed E-state index contributed by atoms with van der Waals surface area (Å²) in [6.45, 7) is 1.53. The van der Waals surface area contributed by atoms with E-state index in [9.17, 15) is 4.79 Å². The van der Waals surface area contributed by atoms with Crippen molar-refractivity contribution in [2.24, 2.45) is 0 Å². The number of ether oxygens (including phenoxy) is 2. The van der Waals surface area contributed by atoms with Gasteiger partial charge < -0.3 is 24.3 Å². The Morgan fingerprint density at radius 1 is 1.21 bits per heavy atom. The Morgan fingerprint density at radius 3 is 2.76 bits per heavy atom. The molecule has 5 rings (SSSR count). The summed E-state index contributed by atoms with van der Waals surface area (Å²) in [5, 5.41) is 4.22. The molecule has 7 nitrogen and oxygen atoms in total. The van der Waals surface area contributed by atoms with E-state index in [1.54, 1.807) is 12.1 Å². The maximum atomic E-state index is 11.9. The van der Waals surface area contributed by atoms with Crippen LogP contribution in [-0.2, 0) is 9.47 Å². The van der Waals surface area contributed by atoms with Crippen molar-refractivity contribution in [1.29, 1.82) is 0 Å². The van der Waals surface area contributed by atoms with Crippen molar-refractivity contribution in [2.75, 3.05) is 20.3 Å². The molecule has 170 valence electrons. The second-order valence-corrected chi connectivity index (χ2v) is 8.64. The van der Waals surface area contributed by atoms with Crippen LogP contribution in [0.4, 0.5) is 0 Å². The molecule has 1 N–H and O–H groups in total. The van der Waals surface area contributed by atoms with E-state index in [2.05, 4.69) is 25.8 Å². The van der Waals surface area contributed by atoms with E-state index >= 15 is 0 Å². The molecule has 3 aromatic rings.